The Morgan fingerprint density at radius 1 is 1.18 bits per heavy atom. The zero-order chi connectivity index (χ0) is 23.5. The van der Waals surface area contributed by atoms with Gasteiger partial charge in [-0.25, -0.2) is 4.98 Å². The van der Waals surface area contributed by atoms with Crippen LogP contribution in [0.4, 0.5) is 19.0 Å². The summed E-state index contributed by atoms with van der Waals surface area (Å²) in [5.41, 5.74) is 7.75. The second-order valence-corrected chi connectivity index (χ2v) is 9.92. The molecule has 5 rings (SSSR count). The van der Waals surface area contributed by atoms with Crippen LogP contribution in [-0.4, -0.2) is 46.4 Å². The number of halogens is 3. The molecule has 2 saturated carbocycles. The number of nitrogens with two attached hydrogens (primary N) is 1. The molecule has 3 unspecified atom stereocenters. The number of aromatic nitrogens is 3. The lowest BCUT2D eigenvalue weighted by molar-refractivity contribution is -0.274. The van der Waals surface area contributed by atoms with Crippen LogP contribution in [0.5, 0.6) is 5.75 Å². The number of nitrogens with zero attached hydrogens (tertiary/aromatic N) is 3. The largest absolute Gasteiger partial charge is 0.573 e. The van der Waals surface area contributed by atoms with Crippen LogP contribution in [0, 0.1) is 17.8 Å². The van der Waals surface area contributed by atoms with Crippen molar-refractivity contribution < 1.29 is 22.6 Å². The van der Waals surface area contributed by atoms with Crippen molar-refractivity contribution in [1.29, 1.82) is 0 Å². The van der Waals surface area contributed by atoms with E-state index in [0.29, 0.717) is 47.0 Å². The summed E-state index contributed by atoms with van der Waals surface area (Å²) in [6.45, 7) is 8.06. The molecule has 1 saturated heterocycles. The van der Waals surface area contributed by atoms with E-state index in [9.17, 15) is 13.2 Å². The molecule has 10 heteroatoms. The summed E-state index contributed by atoms with van der Waals surface area (Å²) in [7, 11) is 0. The molecule has 0 radical (unpaired) electrons. The molecule has 3 N–H and O–H groups in total. The van der Waals surface area contributed by atoms with Gasteiger partial charge in [-0.05, 0) is 57.6 Å². The van der Waals surface area contributed by atoms with E-state index in [1.54, 1.807) is 0 Å². The van der Waals surface area contributed by atoms with Gasteiger partial charge in [0, 0.05) is 47.4 Å². The second-order valence-electron chi connectivity index (χ2n) is 9.92. The van der Waals surface area contributed by atoms with Crippen LogP contribution >= 0.6 is 0 Å². The first-order chi connectivity index (χ1) is 15.6. The van der Waals surface area contributed by atoms with Crippen molar-refractivity contribution in [1.82, 2.24) is 20.1 Å². The van der Waals surface area contributed by atoms with Gasteiger partial charge in [0.05, 0.1) is 18.9 Å². The highest BCUT2D eigenvalue weighted by molar-refractivity contribution is 5.64. The minimum Gasteiger partial charge on any atom is -0.402 e. The highest BCUT2D eigenvalue weighted by Gasteiger charge is 2.58. The van der Waals surface area contributed by atoms with Crippen molar-refractivity contribution in [2.45, 2.75) is 64.0 Å². The molecule has 33 heavy (non-hydrogen) atoms. The van der Waals surface area contributed by atoms with Crippen LogP contribution < -0.4 is 15.8 Å². The molecule has 2 aromatic rings. The molecule has 3 aliphatic rings. The lowest BCUT2D eigenvalue weighted by Gasteiger charge is -2.34. The minimum absolute atomic E-state index is 0.135. The summed E-state index contributed by atoms with van der Waals surface area (Å²) in [6.07, 6.45) is -1.12. The first kappa shape index (κ1) is 22.5. The predicted molar refractivity (Wildman–Crippen MR) is 117 cm³/mol. The Morgan fingerprint density at radius 3 is 2.45 bits per heavy atom. The SMILES string of the molecule is CC(NC1CC2C(C1)C2c1cc(-c2cnc(N)c(OC(F)(F)F)c2)nn1C(C)C)C1COC1. The molecule has 0 aromatic carbocycles. The maximum absolute atomic E-state index is 12.7. The quantitative estimate of drug-likeness (QED) is 0.640. The zero-order valence-corrected chi connectivity index (χ0v) is 19.0. The smallest absolute Gasteiger partial charge is 0.402 e. The predicted octanol–water partition coefficient (Wildman–Crippen LogP) is 4.12. The number of rotatable bonds is 7. The number of fused-ring (bicyclic) bond motifs is 1. The molecule has 0 amide bonds. The molecule has 0 spiro atoms. The standard InChI is InChI=1S/C23H30F3N5O2/c1-11(2)31-19(21-16-5-15(6-17(16)21)29-12(3)14-9-32-10-14)7-18(30-31)13-4-20(22(27)28-8-13)33-23(24,25)26/h4,7-8,11-12,14-17,21,29H,5-6,9-10H2,1-3H3,(H2,27,28). The number of nitrogen functional groups attached to an aromatic ring is 1. The van der Waals surface area contributed by atoms with E-state index in [-0.39, 0.29) is 11.9 Å². The summed E-state index contributed by atoms with van der Waals surface area (Å²) in [6, 6.07) is 4.38. The maximum Gasteiger partial charge on any atom is 0.573 e. The van der Waals surface area contributed by atoms with Gasteiger partial charge in [0.1, 0.15) is 0 Å². The van der Waals surface area contributed by atoms with E-state index in [2.05, 4.69) is 35.8 Å². The summed E-state index contributed by atoms with van der Waals surface area (Å²) < 4.78 is 49.5. The highest BCUT2D eigenvalue weighted by Crippen LogP contribution is 2.63. The van der Waals surface area contributed by atoms with Crippen LogP contribution in [0.15, 0.2) is 18.3 Å². The van der Waals surface area contributed by atoms with Crippen molar-refractivity contribution in [3.05, 3.63) is 24.0 Å². The molecule has 2 aromatic heterocycles. The van der Waals surface area contributed by atoms with Gasteiger partial charge in [-0.15, -0.1) is 13.2 Å². The number of alkyl halides is 3. The van der Waals surface area contributed by atoms with Gasteiger partial charge in [0.2, 0.25) is 0 Å². The number of hydrogen-bond donors (Lipinski definition) is 2. The Hall–Kier alpha value is -2.33. The fourth-order valence-electron chi connectivity index (χ4n) is 5.48. The Kier molecular flexibility index (Phi) is 5.55. The normalized spacial score (nSPS) is 28.0. The maximum atomic E-state index is 12.7. The molecule has 3 fully saturated rings. The summed E-state index contributed by atoms with van der Waals surface area (Å²) >= 11 is 0. The van der Waals surface area contributed by atoms with Gasteiger partial charge in [0.25, 0.3) is 0 Å². The summed E-state index contributed by atoms with van der Waals surface area (Å²) in [5.74, 6) is 1.46. The first-order valence-electron chi connectivity index (χ1n) is 11.6. The van der Waals surface area contributed by atoms with E-state index in [4.69, 9.17) is 15.6 Å². The third kappa shape index (κ3) is 4.42. The molecule has 3 atom stereocenters. The summed E-state index contributed by atoms with van der Waals surface area (Å²) in [4.78, 5) is 3.89. The van der Waals surface area contributed by atoms with Crippen LogP contribution in [-0.2, 0) is 4.74 Å². The lowest BCUT2D eigenvalue weighted by Crippen LogP contribution is -2.47. The van der Waals surface area contributed by atoms with Crippen molar-refractivity contribution in [2.75, 3.05) is 18.9 Å². The molecular weight excluding hydrogens is 435 g/mol. The third-order valence-corrected chi connectivity index (χ3v) is 7.31. The fourth-order valence-corrected chi connectivity index (χ4v) is 5.48. The average molecular weight is 466 g/mol. The molecule has 0 bridgehead atoms. The van der Waals surface area contributed by atoms with E-state index in [1.807, 2.05) is 10.7 Å². The van der Waals surface area contributed by atoms with E-state index in [0.717, 1.165) is 31.7 Å². The van der Waals surface area contributed by atoms with Crippen LogP contribution in [0.3, 0.4) is 0 Å². The Bertz CT molecular complexity index is 1010. The van der Waals surface area contributed by atoms with Crippen molar-refractivity contribution in [2.24, 2.45) is 17.8 Å². The number of ether oxygens (including phenoxy) is 2. The van der Waals surface area contributed by atoms with Crippen molar-refractivity contribution in [3.8, 4) is 17.0 Å². The van der Waals surface area contributed by atoms with E-state index < -0.39 is 12.1 Å². The Labute approximate surface area is 190 Å². The van der Waals surface area contributed by atoms with Gasteiger partial charge < -0.3 is 20.5 Å². The third-order valence-electron chi connectivity index (χ3n) is 7.31. The number of pyridine rings is 1. The van der Waals surface area contributed by atoms with E-state index >= 15 is 0 Å². The summed E-state index contributed by atoms with van der Waals surface area (Å²) in [5, 5.41) is 8.50. The fraction of sp³-hybridized carbons (Fsp3) is 0.652. The van der Waals surface area contributed by atoms with Crippen LogP contribution in [0.1, 0.15) is 51.3 Å². The van der Waals surface area contributed by atoms with Gasteiger partial charge in [-0.3, -0.25) is 4.68 Å². The highest BCUT2D eigenvalue weighted by atomic mass is 19.4. The molecule has 7 nitrogen and oxygen atoms in total. The topological polar surface area (TPSA) is 87.2 Å². The van der Waals surface area contributed by atoms with Gasteiger partial charge in [0.15, 0.2) is 11.6 Å². The second kappa shape index (κ2) is 8.16. The monoisotopic (exact) mass is 465 g/mol. The molecule has 2 aliphatic carbocycles. The first-order valence-corrected chi connectivity index (χ1v) is 11.6. The lowest BCUT2D eigenvalue weighted by atomic mass is 9.97. The zero-order valence-electron chi connectivity index (χ0n) is 19.0. The Morgan fingerprint density at radius 2 is 1.88 bits per heavy atom. The van der Waals surface area contributed by atoms with Gasteiger partial charge in [-0.1, -0.05) is 0 Å². The number of hydrogen-bond acceptors (Lipinski definition) is 6. The van der Waals surface area contributed by atoms with E-state index in [1.165, 1.54) is 12.3 Å². The van der Waals surface area contributed by atoms with Crippen molar-refractivity contribution in [3.63, 3.8) is 0 Å². The minimum atomic E-state index is -4.84. The Balaban J connectivity index is 1.32. The molecular formula is C23H30F3N5O2. The number of nitrogens with one attached hydrogen (secondary N) is 1. The average Bonchev–Trinajstić information content (AvgIpc) is 3.02. The van der Waals surface area contributed by atoms with Crippen LogP contribution in [0.2, 0.25) is 0 Å². The van der Waals surface area contributed by atoms with Crippen LogP contribution in [0.25, 0.3) is 11.3 Å². The number of anilines is 1. The molecule has 3 heterocycles. The van der Waals surface area contributed by atoms with Gasteiger partial charge in [-0.2, -0.15) is 5.10 Å². The van der Waals surface area contributed by atoms with Gasteiger partial charge >= 0.3 is 6.36 Å². The molecule has 1 aliphatic heterocycles. The molecule has 180 valence electrons. The van der Waals surface area contributed by atoms with Crippen molar-refractivity contribution >= 4 is 5.82 Å².